The van der Waals surface area contributed by atoms with Crippen LogP contribution in [0.3, 0.4) is 0 Å². The van der Waals surface area contributed by atoms with Crippen molar-refractivity contribution in [3.05, 3.63) is 29.8 Å². The van der Waals surface area contributed by atoms with E-state index in [0.29, 0.717) is 24.9 Å². The van der Waals surface area contributed by atoms with E-state index in [0.717, 1.165) is 18.4 Å². The summed E-state index contributed by atoms with van der Waals surface area (Å²) >= 11 is 0. The number of hydrogen-bond acceptors (Lipinski definition) is 4. The fourth-order valence-corrected chi connectivity index (χ4v) is 3.91. The monoisotopic (exact) mass is 400 g/mol. The van der Waals surface area contributed by atoms with Crippen LogP contribution in [-0.4, -0.2) is 40.7 Å². The molecule has 8 heteroatoms. The average Bonchev–Trinajstić information content (AvgIpc) is 3.26. The van der Waals surface area contributed by atoms with Gasteiger partial charge in [-0.3, -0.25) is 19.3 Å². The van der Waals surface area contributed by atoms with Gasteiger partial charge >= 0.3 is 6.03 Å². The van der Waals surface area contributed by atoms with E-state index < -0.39 is 11.6 Å². The van der Waals surface area contributed by atoms with Crippen molar-refractivity contribution in [2.75, 3.05) is 11.9 Å². The lowest BCUT2D eigenvalue weighted by molar-refractivity contribution is -0.131. The second kappa shape index (κ2) is 8.63. The molecule has 8 nitrogen and oxygen atoms in total. The van der Waals surface area contributed by atoms with E-state index in [1.54, 1.807) is 19.1 Å². The van der Waals surface area contributed by atoms with Crippen LogP contribution in [0.15, 0.2) is 24.3 Å². The predicted molar refractivity (Wildman–Crippen MR) is 108 cm³/mol. The summed E-state index contributed by atoms with van der Waals surface area (Å²) in [5.74, 6) is -0.488. The number of amides is 5. The Labute approximate surface area is 170 Å². The van der Waals surface area contributed by atoms with Gasteiger partial charge in [0.25, 0.3) is 5.91 Å². The number of nitrogens with zero attached hydrogens (tertiary/aromatic N) is 1. The van der Waals surface area contributed by atoms with E-state index in [1.165, 1.54) is 4.90 Å². The molecule has 0 radical (unpaired) electrons. The lowest BCUT2D eigenvalue weighted by Crippen LogP contribution is -2.44. The quantitative estimate of drug-likeness (QED) is 0.611. The summed E-state index contributed by atoms with van der Waals surface area (Å²) in [4.78, 5) is 49.7. The Kier molecular flexibility index (Phi) is 6.20. The van der Waals surface area contributed by atoms with E-state index in [4.69, 9.17) is 0 Å². The first-order chi connectivity index (χ1) is 13.8. The summed E-state index contributed by atoms with van der Waals surface area (Å²) < 4.78 is 0. The third kappa shape index (κ3) is 4.58. The molecule has 5 amide bonds. The van der Waals surface area contributed by atoms with Gasteiger partial charge in [0.2, 0.25) is 11.8 Å². The number of imide groups is 1. The Morgan fingerprint density at radius 3 is 2.41 bits per heavy atom. The maximum atomic E-state index is 12.6. The molecule has 0 bridgehead atoms. The molecule has 1 spiro atoms. The average molecular weight is 400 g/mol. The molecule has 1 saturated carbocycles. The van der Waals surface area contributed by atoms with Gasteiger partial charge in [0.15, 0.2) is 0 Å². The van der Waals surface area contributed by atoms with E-state index in [2.05, 4.69) is 16.0 Å². The third-order valence-electron chi connectivity index (χ3n) is 5.66. The molecule has 2 fully saturated rings. The zero-order valence-corrected chi connectivity index (χ0v) is 16.9. The molecule has 1 atom stereocenters. The molecule has 156 valence electrons. The minimum absolute atomic E-state index is 0.0565. The number of hydrogen-bond donors (Lipinski definition) is 3. The maximum Gasteiger partial charge on any atom is 0.325 e. The van der Waals surface area contributed by atoms with Crippen LogP contribution >= 0.6 is 0 Å². The smallest absolute Gasteiger partial charge is 0.325 e. The molecular weight excluding hydrogens is 372 g/mol. The van der Waals surface area contributed by atoms with E-state index in [1.807, 2.05) is 19.1 Å². The molecule has 1 aliphatic carbocycles. The molecule has 1 saturated heterocycles. The molecule has 3 rings (SSSR count). The minimum Gasteiger partial charge on any atom is -0.350 e. The molecule has 1 unspecified atom stereocenters. The van der Waals surface area contributed by atoms with Crippen LogP contribution in [0.1, 0.15) is 64.0 Å². The van der Waals surface area contributed by atoms with Crippen LogP contribution in [0.25, 0.3) is 0 Å². The summed E-state index contributed by atoms with van der Waals surface area (Å²) in [6.45, 7) is 3.72. The zero-order chi connectivity index (χ0) is 21.0. The van der Waals surface area contributed by atoms with Gasteiger partial charge in [0, 0.05) is 25.1 Å². The van der Waals surface area contributed by atoms with Gasteiger partial charge in [-0.15, -0.1) is 0 Å². The van der Waals surface area contributed by atoms with Crippen molar-refractivity contribution < 1.29 is 19.2 Å². The molecule has 1 aliphatic heterocycles. The topological polar surface area (TPSA) is 108 Å². The van der Waals surface area contributed by atoms with Crippen molar-refractivity contribution in [3.8, 4) is 0 Å². The summed E-state index contributed by atoms with van der Waals surface area (Å²) in [7, 11) is 0. The SMILES string of the molecule is CCC(=O)Nc1ccc(C(C)NC(=O)CCN2C(=O)NC3(CCCC3)C2=O)cc1. The number of rotatable bonds is 7. The second-order valence-electron chi connectivity index (χ2n) is 7.74. The van der Waals surface area contributed by atoms with Crippen molar-refractivity contribution in [2.24, 2.45) is 0 Å². The predicted octanol–water partition coefficient (Wildman–Crippen LogP) is 2.47. The van der Waals surface area contributed by atoms with Crippen molar-refractivity contribution in [2.45, 2.75) is 64.0 Å². The Bertz CT molecular complexity index is 799. The number of anilines is 1. The highest BCUT2D eigenvalue weighted by molar-refractivity contribution is 6.07. The van der Waals surface area contributed by atoms with Crippen molar-refractivity contribution in [1.82, 2.24) is 15.5 Å². The fraction of sp³-hybridized carbons (Fsp3) is 0.524. The number of urea groups is 1. The third-order valence-corrected chi connectivity index (χ3v) is 5.66. The van der Waals surface area contributed by atoms with Crippen LogP contribution in [-0.2, 0) is 14.4 Å². The lowest BCUT2D eigenvalue weighted by atomic mass is 9.98. The van der Waals surface area contributed by atoms with Crippen molar-refractivity contribution in [1.29, 1.82) is 0 Å². The van der Waals surface area contributed by atoms with Crippen LogP contribution in [0.2, 0.25) is 0 Å². The van der Waals surface area contributed by atoms with Gasteiger partial charge in [0.05, 0.1) is 6.04 Å². The standard InChI is InChI=1S/C21H28N4O4/c1-3-17(26)23-16-8-6-15(7-9-16)14(2)22-18(27)10-13-25-19(28)21(24-20(25)29)11-4-5-12-21/h6-9,14H,3-5,10-13H2,1-2H3,(H,22,27)(H,23,26)(H,24,29). The Hall–Kier alpha value is -2.90. The number of nitrogens with one attached hydrogen (secondary N) is 3. The summed E-state index contributed by atoms with van der Waals surface area (Å²) in [6, 6.07) is 6.64. The molecule has 1 aromatic carbocycles. The van der Waals surface area contributed by atoms with Gasteiger partial charge in [-0.05, 0) is 37.5 Å². The number of carbonyl (C=O) groups excluding carboxylic acids is 4. The van der Waals surface area contributed by atoms with Gasteiger partial charge in [-0.1, -0.05) is 31.9 Å². The van der Waals surface area contributed by atoms with Crippen LogP contribution in [0, 0.1) is 0 Å². The zero-order valence-electron chi connectivity index (χ0n) is 16.9. The van der Waals surface area contributed by atoms with E-state index in [9.17, 15) is 19.2 Å². The lowest BCUT2D eigenvalue weighted by Gasteiger charge is -2.20. The first-order valence-electron chi connectivity index (χ1n) is 10.2. The summed E-state index contributed by atoms with van der Waals surface area (Å²) in [5.41, 5.74) is 0.863. The van der Waals surface area contributed by atoms with Crippen molar-refractivity contribution >= 4 is 29.4 Å². The minimum atomic E-state index is -0.740. The molecule has 3 N–H and O–H groups in total. The molecule has 1 heterocycles. The molecule has 1 aromatic rings. The highest BCUT2D eigenvalue weighted by Gasteiger charge is 2.52. The maximum absolute atomic E-state index is 12.6. The van der Waals surface area contributed by atoms with Crippen molar-refractivity contribution in [3.63, 3.8) is 0 Å². The molecular formula is C21H28N4O4. The van der Waals surface area contributed by atoms with Gasteiger partial charge in [-0.2, -0.15) is 0 Å². The first-order valence-corrected chi connectivity index (χ1v) is 10.2. The molecule has 29 heavy (non-hydrogen) atoms. The first kappa shape index (κ1) is 20.8. The fourth-order valence-electron chi connectivity index (χ4n) is 3.91. The Morgan fingerprint density at radius 1 is 1.14 bits per heavy atom. The number of carbonyl (C=O) groups is 4. The largest absolute Gasteiger partial charge is 0.350 e. The summed E-state index contributed by atoms with van der Waals surface area (Å²) in [6.07, 6.45) is 3.67. The Balaban J connectivity index is 1.49. The summed E-state index contributed by atoms with van der Waals surface area (Å²) in [5, 5.41) is 8.48. The normalized spacial score (nSPS) is 18.6. The van der Waals surface area contributed by atoms with Crippen LogP contribution in [0.5, 0.6) is 0 Å². The number of benzene rings is 1. The van der Waals surface area contributed by atoms with Gasteiger partial charge < -0.3 is 16.0 Å². The molecule has 2 aliphatic rings. The highest BCUT2D eigenvalue weighted by atomic mass is 16.2. The van der Waals surface area contributed by atoms with Gasteiger partial charge in [0.1, 0.15) is 5.54 Å². The second-order valence-corrected chi connectivity index (χ2v) is 7.74. The van der Waals surface area contributed by atoms with E-state index >= 15 is 0 Å². The van der Waals surface area contributed by atoms with E-state index in [-0.39, 0.29) is 36.7 Å². The van der Waals surface area contributed by atoms with Crippen LogP contribution < -0.4 is 16.0 Å². The molecule has 0 aromatic heterocycles. The van der Waals surface area contributed by atoms with Gasteiger partial charge in [-0.25, -0.2) is 4.79 Å². The Morgan fingerprint density at radius 2 is 1.79 bits per heavy atom. The van der Waals surface area contributed by atoms with Crippen LogP contribution in [0.4, 0.5) is 10.5 Å². The highest BCUT2D eigenvalue weighted by Crippen LogP contribution is 2.35.